The van der Waals surface area contributed by atoms with Gasteiger partial charge in [0, 0.05) is 19.0 Å². The molecule has 154 valence electrons. The summed E-state index contributed by atoms with van der Waals surface area (Å²) in [6, 6.07) is 14.7. The van der Waals surface area contributed by atoms with Crippen molar-refractivity contribution in [3.8, 4) is 5.75 Å². The molecule has 0 radical (unpaired) electrons. The molecule has 0 bridgehead atoms. The summed E-state index contributed by atoms with van der Waals surface area (Å²) in [7, 11) is -2.01. The summed E-state index contributed by atoms with van der Waals surface area (Å²) >= 11 is 0. The van der Waals surface area contributed by atoms with Crippen molar-refractivity contribution in [2.24, 2.45) is 5.92 Å². The minimum absolute atomic E-state index is 0.0354. The van der Waals surface area contributed by atoms with Gasteiger partial charge >= 0.3 is 0 Å². The molecule has 1 heterocycles. The first kappa shape index (κ1) is 19.9. The van der Waals surface area contributed by atoms with Crippen LogP contribution in [0.5, 0.6) is 5.75 Å². The zero-order chi connectivity index (χ0) is 20.4. The van der Waals surface area contributed by atoms with Crippen LogP contribution in [0.25, 0.3) is 0 Å². The molecule has 1 unspecified atom stereocenters. The van der Waals surface area contributed by atoms with Crippen LogP contribution in [-0.4, -0.2) is 38.8 Å². The molecule has 29 heavy (non-hydrogen) atoms. The average Bonchev–Trinajstić information content (AvgIpc) is 3.16. The SMILES string of the molecule is COc1ccc(S(=O)(=O)N2CCC(C(=O)NC3CCc4ccccc43)CC2)cc1. The maximum Gasteiger partial charge on any atom is 0.243 e. The van der Waals surface area contributed by atoms with E-state index in [-0.39, 0.29) is 22.8 Å². The number of sulfonamides is 1. The lowest BCUT2D eigenvalue weighted by Gasteiger charge is -2.31. The summed E-state index contributed by atoms with van der Waals surface area (Å²) in [6.07, 6.45) is 2.99. The number of fused-ring (bicyclic) bond motifs is 1. The Morgan fingerprint density at radius 2 is 1.72 bits per heavy atom. The Bertz CT molecular complexity index is 980. The Morgan fingerprint density at radius 1 is 1.03 bits per heavy atom. The van der Waals surface area contributed by atoms with Crippen LogP contribution in [0, 0.1) is 5.92 Å². The summed E-state index contributed by atoms with van der Waals surface area (Å²) in [4.78, 5) is 13.0. The average molecular weight is 415 g/mol. The van der Waals surface area contributed by atoms with Crippen LogP contribution < -0.4 is 10.1 Å². The van der Waals surface area contributed by atoms with Crippen LogP contribution in [0.4, 0.5) is 0 Å². The Kier molecular flexibility index (Phi) is 5.61. The van der Waals surface area contributed by atoms with E-state index in [4.69, 9.17) is 4.74 Å². The van der Waals surface area contributed by atoms with Crippen LogP contribution in [0.3, 0.4) is 0 Å². The molecule has 2 aromatic carbocycles. The molecule has 0 aromatic heterocycles. The fourth-order valence-corrected chi connectivity index (χ4v) is 5.72. The van der Waals surface area contributed by atoms with Gasteiger partial charge in [0.25, 0.3) is 0 Å². The van der Waals surface area contributed by atoms with Gasteiger partial charge in [-0.1, -0.05) is 24.3 Å². The zero-order valence-electron chi connectivity index (χ0n) is 16.5. The number of piperidine rings is 1. The van der Waals surface area contributed by atoms with Crippen LogP contribution in [-0.2, 0) is 21.2 Å². The molecule has 2 aromatic rings. The van der Waals surface area contributed by atoms with E-state index < -0.39 is 10.0 Å². The number of benzene rings is 2. The second-order valence-corrected chi connectivity index (χ2v) is 9.59. The quantitative estimate of drug-likeness (QED) is 0.816. The molecular weight excluding hydrogens is 388 g/mol. The Morgan fingerprint density at radius 3 is 2.41 bits per heavy atom. The first-order valence-corrected chi connectivity index (χ1v) is 11.5. The first-order chi connectivity index (χ1) is 14.0. The van der Waals surface area contributed by atoms with E-state index in [0.29, 0.717) is 31.7 Å². The highest BCUT2D eigenvalue weighted by molar-refractivity contribution is 7.89. The number of ether oxygens (including phenoxy) is 1. The molecule has 1 aliphatic heterocycles. The molecule has 0 spiro atoms. The lowest BCUT2D eigenvalue weighted by Crippen LogP contribution is -2.43. The molecule has 1 atom stereocenters. The first-order valence-electron chi connectivity index (χ1n) is 10.0. The minimum Gasteiger partial charge on any atom is -0.497 e. The van der Waals surface area contributed by atoms with E-state index in [0.717, 1.165) is 12.8 Å². The van der Waals surface area contributed by atoms with E-state index in [9.17, 15) is 13.2 Å². The molecule has 4 rings (SSSR count). The van der Waals surface area contributed by atoms with Crippen molar-refractivity contribution in [2.45, 2.75) is 36.6 Å². The van der Waals surface area contributed by atoms with Gasteiger partial charge in [0.2, 0.25) is 15.9 Å². The van der Waals surface area contributed by atoms with Gasteiger partial charge in [-0.25, -0.2) is 8.42 Å². The minimum atomic E-state index is -3.55. The normalized spacial score (nSPS) is 20.2. The van der Waals surface area contributed by atoms with E-state index in [1.807, 2.05) is 12.1 Å². The van der Waals surface area contributed by atoms with Crippen molar-refractivity contribution in [1.29, 1.82) is 0 Å². The maximum atomic E-state index is 12.9. The molecule has 1 N–H and O–H groups in total. The number of aryl methyl sites for hydroxylation is 1. The lowest BCUT2D eigenvalue weighted by atomic mass is 9.96. The fourth-order valence-electron chi connectivity index (χ4n) is 4.25. The third kappa shape index (κ3) is 4.02. The summed E-state index contributed by atoms with van der Waals surface area (Å²) in [5.74, 6) is 0.506. The van der Waals surface area contributed by atoms with E-state index in [1.54, 1.807) is 31.4 Å². The molecule has 6 nitrogen and oxygen atoms in total. The van der Waals surface area contributed by atoms with Gasteiger partial charge in [-0.2, -0.15) is 4.31 Å². The Hall–Kier alpha value is -2.38. The number of nitrogens with zero attached hydrogens (tertiary/aromatic N) is 1. The van der Waals surface area contributed by atoms with Crippen molar-refractivity contribution in [1.82, 2.24) is 9.62 Å². The van der Waals surface area contributed by atoms with Crippen molar-refractivity contribution in [3.05, 3.63) is 59.7 Å². The van der Waals surface area contributed by atoms with E-state index in [1.165, 1.54) is 15.4 Å². The van der Waals surface area contributed by atoms with Gasteiger partial charge in [-0.15, -0.1) is 0 Å². The molecule has 2 aliphatic rings. The topological polar surface area (TPSA) is 75.7 Å². The number of hydrogen-bond acceptors (Lipinski definition) is 4. The highest BCUT2D eigenvalue weighted by Gasteiger charge is 2.33. The monoisotopic (exact) mass is 414 g/mol. The van der Waals surface area contributed by atoms with E-state index in [2.05, 4.69) is 17.4 Å². The summed E-state index contributed by atoms with van der Waals surface area (Å²) in [5, 5.41) is 3.18. The zero-order valence-corrected chi connectivity index (χ0v) is 17.3. The van der Waals surface area contributed by atoms with Gasteiger partial charge in [-0.3, -0.25) is 4.79 Å². The lowest BCUT2D eigenvalue weighted by molar-refractivity contribution is -0.126. The Labute approximate surface area is 171 Å². The van der Waals surface area contributed by atoms with Gasteiger partial charge in [-0.05, 0) is 61.1 Å². The highest BCUT2D eigenvalue weighted by Crippen LogP contribution is 2.32. The fraction of sp³-hybridized carbons (Fsp3) is 0.409. The van der Waals surface area contributed by atoms with E-state index >= 15 is 0 Å². The summed E-state index contributed by atoms with van der Waals surface area (Å²) in [5.41, 5.74) is 2.51. The van der Waals surface area contributed by atoms with Crippen molar-refractivity contribution in [3.63, 3.8) is 0 Å². The maximum absolute atomic E-state index is 12.9. The molecule has 0 saturated carbocycles. The highest BCUT2D eigenvalue weighted by atomic mass is 32.2. The molecule has 1 fully saturated rings. The number of methoxy groups -OCH3 is 1. The van der Waals surface area contributed by atoms with Crippen LogP contribution >= 0.6 is 0 Å². The summed E-state index contributed by atoms with van der Waals surface area (Å²) < 4.78 is 32.3. The van der Waals surface area contributed by atoms with Gasteiger partial charge < -0.3 is 10.1 Å². The second kappa shape index (κ2) is 8.16. The molecule has 1 amide bonds. The number of carbonyl (C=O) groups is 1. The number of hydrogen-bond donors (Lipinski definition) is 1. The predicted molar refractivity (Wildman–Crippen MR) is 110 cm³/mol. The smallest absolute Gasteiger partial charge is 0.243 e. The number of carbonyl (C=O) groups excluding carboxylic acids is 1. The van der Waals surface area contributed by atoms with Gasteiger partial charge in [0.1, 0.15) is 5.75 Å². The van der Waals surface area contributed by atoms with Crippen LogP contribution in [0.2, 0.25) is 0 Å². The number of rotatable bonds is 5. The van der Waals surface area contributed by atoms with Crippen molar-refractivity contribution < 1.29 is 17.9 Å². The number of nitrogens with one attached hydrogen (secondary N) is 1. The standard InChI is InChI=1S/C22H26N2O4S/c1-28-18-7-9-19(10-8-18)29(26,27)24-14-12-17(13-15-24)22(25)23-21-11-6-16-4-2-3-5-20(16)21/h2-5,7-10,17,21H,6,11-15H2,1H3,(H,23,25). The third-order valence-corrected chi connectivity index (χ3v) is 7.88. The third-order valence-electron chi connectivity index (χ3n) is 5.97. The second-order valence-electron chi connectivity index (χ2n) is 7.65. The van der Waals surface area contributed by atoms with Gasteiger partial charge in [0.15, 0.2) is 0 Å². The van der Waals surface area contributed by atoms with Crippen molar-refractivity contribution in [2.75, 3.05) is 20.2 Å². The molecule has 1 saturated heterocycles. The van der Waals surface area contributed by atoms with Gasteiger partial charge in [0.05, 0.1) is 18.0 Å². The molecule has 7 heteroatoms. The molecular formula is C22H26N2O4S. The van der Waals surface area contributed by atoms with Crippen LogP contribution in [0.15, 0.2) is 53.4 Å². The largest absolute Gasteiger partial charge is 0.497 e. The predicted octanol–water partition coefficient (Wildman–Crippen LogP) is 2.90. The number of amides is 1. The Balaban J connectivity index is 1.36. The molecule has 1 aliphatic carbocycles. The van der Waals surface area contributed by atoms with Crippen molar-refractivity contribution >= 4 is 15.9 Å². The van der Waals surface area contributed by atoms with Crippen LogP contribution in [0.1, 0.15) is 36.4 Å². The summed E-state index contributed by atoms with van der Waals surface area (Å²) in [6.45, 7) is 0.710.